The molecule has 6 unspecified atom stereocenters. The second-order valence-corrected chi connectivity index (χ2v) is 19.9. The number of nitrogens with zero attached hydrogens (tertiary/aromatic N) is 2. The largest absolute Gasteiger partial charge is 0.476 e. The summed E-state index contributed by atoms with van der Waals surface area (Å²) in [6.07, 6.45) is 13.1. The molecule has 0 spiro atoms. The molecule has 3 heterocycles. The molecule has 1 N–H and O–H groups in total. The number of rotatable bonds is 8. The van der Waals surface area contributed by atoms with Crippen LogP contribution in [0.2, 0.25) is 19.6 Å². The van der Waals surface area contributed by atoms with Crippen molar-refractivity contribution in [3.05, 3.63) is 96.1 Å². The Morgan fingerprint density at radius 3 is 2.61 bits per heavy atom. The van der Waals surface area contributed by atoms with Crippen LogP contribution < -0.4 is 15.1 Å². The molecule has 2 aliphatic carbocycles. The fraction of sp³-hybridized carbons (Fsp3) is 0.487. The highest BCUT2D eigenvalue weighted by atomic mass is 28.3. The number of aliphatic imine (C=N–C) groups is 1. The van der Waals surface area contributed by atoms with Gasteiger partial charge in [-0.15, -0.1) is 0 Å². The molecular weight excluding hydrogens is 555 g/mol. The predicted octanol–water partition coefficient (Wildman–Crippen LogP) is 8.15. The number of hydrogen-bond donors (Lipinski definition) is 1. The van der Waals surface area contributed by atoms with Crippen LogP contribution in [0, 0.1) is 17.8 Å². The zero-order chi connectivity index (χ0) is 31.3. The molecule has 4 nitrogen and oxygen atoms in total. The van der Waals surface area contributed by atoms with Crippen LogP contribution in [0.15, 0.2) is 89.9 Å². The number of allylic oxidation sites excluding steroid dienone is 4. The Kier molecular flexibility index (Phi) is 8.49. The minimum Gasteiger partial charge on any atom is -0.476 e. The Hall–Kier alpha value is -3.02. The van der Waals surface area contributed by atoms with Gasteiger partial charge in [-0.2, -0.15) is 4.57 Å². The van der Waals surface area contributed by atoms with Gasteiger partial charge in [0.15, 0.2) is 6.20 Å². The first-order valence-electron chi connectivity index (χ1n) is 16.8. The summed E-state index contributed by atoms with van der Waals surface area (Å²) < 4.78 is 8.72. The van der Waals surface area contributed by atoms with Crippen LogP contribution in [0.25, 0.3) is 11.3 Å². The summed E-state index contributed by atoms with van der Waals surface area (Å²) in [5.41, 5.74) is 9.52. The van der Waals surface area contributed by atoms with Crippen molar-refractivity contribution >= 4 is 19.0 Å². The number of benzene rings is 1. The Bertz CT molecular complexity index is 1560. The summed E-state index contributed by atoms with van der Waals surface area (Å²) in [7, 11) is 0.236. The summed E-state index contributed by atoms with van der Waals surface area (Å²) in [6, 6.07) is 11.7. The molecule has 2 bridgehead atoms. The van der Waals surface area contributed by atoms with Crippen molar-refractivity contribution in [3.63, 3.8) is 0 Å². The van der Waals surface area contributed by atoms with Gasteiger partial charge in [0.05, 0.1) is 19.7 Å². The van der Waals surface area contributed by atoms with E-state index in [0.717, 1.165) is 47.6 Å². The second-order valence-electron chi connectivity index (χ2n) is 14.9. The van der Waals surface area contributed by atoms with Crippen molar-refractivity contribution in [1.82, 2.24) is 5.32 Å². The fourth-order valence-electron chi connectivity index (χ4n) is 8.78. The van der Waals surface area contributed by atoms with Crippen molar-refractivity contribution in [2.45, 2.75) is 96.6 Å². The topological polar surface area (TPSA) is 37.5 Å². The maximum Gasteiger partial charge on any atom is 0.213 e. The van der Waals surface area contributed by atoms with Crippen LogP contribution in [0.1, 0.15) is 75.5 Å². The number of ether oxygens (including phenoxy) is 1. The molecule has 1 aromatic carbocycles. The van der Waals surface area contributed by atoms with Crippen molar-refractivity contribution < 1.29 is 9.30 Å². The Labute approximate surface area is 266 Å². The van der Waals surface area contributed by atoms with Crippen molar-refractivity contribution in [2.75, 3.05) is 7.05 Å². The van der Waals surface area contributed by atoms with Crippen molar-refractivity contribution in [1.29, 1.82) is 0 Å². The van der Waals surface area contributed by atoms with Crippen LogP contribution >= 0.6 is 0 Å². The van der Waals surface area contributed by atoms with E-state index in [9.17, 15) is 0 Å². The van der Waals surface area contributed by atoms with Crippen molar-refractivity contribution in [3.8, 4) is 11.3 Å². The maximum atomic E-state index is 6.16. The normalized spacial score (nSPS) is 26.9. The standard InChI is InChI=1S/C39H52N3OSi/c1-10-35-38(26(4)43-27(5)40-6)24(2)15-18-34-32-13-11-12-14-33(32)36-22-31(21-30-20-28-16-17-29(30)19-28)37(44(7,8)9)23-42(36)39(34)25(3)41-35/h10-14,22-23,27-30,34,39-40H,1,3-4,15-21H2,2,5-9H3/q+1. The van der Waals surface area contributed by atoms with Crippen LogP contribution in [0.3, 0.4) is 0 Å². The van der Waals surface area contributed by atoms with E-state index in [1.807, 2.05) is 20.0 Å². The number of pyridine rings is 1. The lowest BCUT2D eigenvalue weighted by Crippen LogP contribution is -2.54. The first-order valence-corrected chi connectivity index (χ1v) is 20.3. The highest BCUT2D eigenvalue weighted by Gasteiger charge is 2.45. The molecule has 0 saturated heterocycles. The molecule has 4 aliphatic rings. The zero-order valence-electron chi connectivity index (χ0n) is 27.9. The Morgan fingerprint density at radius 2 is 1.95 bits per heavy atom. The SMILES string of the molecule is C=CC1=NC(=C)C2C(CCC(C)=C1C(=C)OC(C)NC)c1ccccc1-c1cc(CC3CC4CCC3C4)c([Si](C)(C)C)c[n+]12. The quantitative estimate of drug-likeness (QED) is 0.143. The van der Waals surface area contributed by atoms with Crippen LogP contribution in [0.5, 0.6) is 0 Å². The fourth-order valence-corrected chi connectivity index (χ4v) is 10.4. The van der Waals surface area contributed by atoms with E-state index in [1.165, 1.54) is 54.5 Å². The van der Waals surface area contributed by atoms with E-state index in [4.69, 9.17) is 9.73 Å². The zero-order valence-corrected chi connectivity index (χ0v) is 28.9. The van der Waals surface area contributed by atoms with Gasteiger partial charge in [-0.25, -0.2) is 4.99 Å². The molecule has 44 heavy (non-hydrogen) atoms. The van der Waals surface area contributed by atoms with E-state index in [0.29, 0.717) is 5.76 Å². The Morgan fingerprint density at radius 1 is 1.18 bits per heavy atom. The van der Waals surface area contributed by atoms with E-state index >= 15 is 0 Å². The summed E-state index contributed by atoms with van der Waals surface area (Å²) >= 11 is 0. The van der Waals surface area contributed by atoms with Gasteiger partial charge in [-0.05, 0) is 100 Å². The molecule has 2 aromatic rings. The Balaban J connectivity index is 1.49. The van der Waals surface area contributed by atoms with Crippen LogP contribution in [0.4, 0.5) is 0 Å². The summed E-state index contributed by atoms with van der Waals surface area (Å²) in [5.74, 6) is 3.62. The van der Waals surface area contributed by atoms with E-state index in [1.54, 1.807) is 10.8 Å². The smallest absolute Gasteiger partial charge is 0.213 e. The van der Waals surface area contributed by atoms with Gasteiger partial charge < -0.3 is 4.74 Å². The van der Waals surface area contributed by atoms with Gasteiger partial charge in [-0.3, -0.25) is 5.32 Å². The molecule has 0 amide bonds. The third-order valence-electron chi connectivity index (χ3n) is 11.0. The van der Waals surface area contributed by atoms with E-state index in [-0.39, 0.29) is 18.2 Å². The van der Waals surface area contributed by atoms with Gasteiger partial charge >= 0.3 is 0 Å². The molecule has 0 radical (unpaired) electrons. The average molecular weight is 607 g/mol. The molecule has 232 valence electrons. The first-order chi connectivity index (χ1) is 21.0. The molecule has 5 heteroatoms. The molecule has 2 aliphatic heterocycles. The van der Waals surface area contributed by atoms with Gasteiger partial charge in [0.25, 0.3) is 0 Å². The average Bonchev–Trinajstić information content (AvgIpc) is 3.62. The molecule has 6 rings (SSSR count). The molecule has 2 saturated carbocycles. The lowest BCUT2D eigenvalue weighted by atomic mass is 9.78. The molecule has 2 fully saturated rings. The molecular formula is C39H52N3OSi+. The van der Waals surface area contributed by atoms with Gasteiger partial charge in [0, 0.05) is 22.4 Å². The van der Waals surface area contributed by atoms with Gasteiger partial charge in [0.1, 0.15) is 17.7 Å². The highest BCUT2D eigenvalue weighted by molar-refractivity contribution is 6.89. The minimum atomic E-state index is -1.65. The molecule has 1 aromatic heterocycles. The first kappa shape index (κ1) is 31.0. The summed E-state index contributed by atoms with van der Waals surface area (Å²) in [5, 5.41) is 4.76. The van der Waals surface area contributed by atoms with Crippen LogP contribution in [-0.4, -0.2) is 27.1 Å². The summed E-state index contributed by atoms with van der Waals surface area (Å²) in [6.45, 7) is 24.9. The highest BCUT2D eigenvalue weighted by Crippen LogP contribution is 2.50. The minimum absolute atomic E-state index is 0.0269. The van der Waals surface area contributed by atoms with Crippen molar-refractivity contribution in [2.24, 2.45) is 22.7 Å². The number of fused-ring (bicyclic) bond motifs is 8. The number of hydrogen-bond acceptors (Lipinski definition) is 3. The lowest BCUT2D eigenvalue weighted by Gasteiger charge is -2.33. The van der Waals surface area contributed by atoms with E-state index < -0.39 is 8.07 Å². The second kappa shape index (κ2) is 12.1. The predicted molar refractivity (Wildman–Crippen MR) is 187 cm³/mol. The number of aromatic nitrogens is 1. The number of nitrogens with one attached hydrogen (secondary N) is 1. The van der Waals surface area contributed by atoms with Gasteiger partial charge in [0.2, 0.25) is 11.7 Å². The lowest BCUT2D eigenvalue weighted by molar-refractivity contribution is -0.708. The van der Waals surface area contributed by atoms with Crippen LogP contribution in [-0.2, 0) is 11.2 Å². The molecule has 6 atom stereocenters. The van der Waals surface area contributed by atoms with Gasteiger partial charge in [-0.1, -0.05) is 69.6 Å². The summed E-state index contributed by atoms with van der Waals surface area (Å²) in [4.78, 5) is 5.26. The third kappa shape index (κ3) is 5.62. The maximum absolute atomic E-state index is 6.16. The monoisotopic (exact) mass is 606 g/mol. The van der Waals surface area contributed by atoms with E-state index in [2.05, 4.69) is 92.7 Å². The third-order valence-corrected chi connectivity index (χ3v) is 13.1.